The molecule has 1 saturated heterocycles. The highest BCUT2D eigenvalue weighted by molar-refractivity contribution is 6.08. The van der Waals surface area contributed by atoms with E-state index in [0.29, 0.717) is 11.3 Å². The molecule has 27 heavy (non-hydrogen) atoms. The number of halogens is 2. The predicted octanol–water partition coefficient (Wildman–Crippen LogP) is 2.23. The summed E-state index contributed by atoms with van der Waals surface area (Å²) in [6.45, 7) is -0.339. The number of urea groups is 1. The van der Waals surface area contributed by atoms with Gasteiger partial charge in [-0.3, -0.25) is 9.69 Å². The number of aliphatic hydroxyl groups excluding tert-OH is 1. The third-order valence-electron chi connectivity index (χ3n) is 4.95. The number of fused-ring (bicyclic) bond motifs is 2. The average Bonchev–Trinajstić information content (AvgIpc) is 2.87. The molecule has 2 unspecified atom stereocenters. The van der Waals surface area contributed by atoms with Crippen LogP contribution in [0.2, 0.25) is 0 Å². The van der Waals surface area contributed by atoms with Crippen molar-refractivity contribution in [1.82, 2.24) is 10.2 Å². The molecule has 4 rings (SSSR count). The van der Waals surface area contributed by atoms with E-state index >= 15 is 0 Å². The molecule has 2 heterocycles. The number of carbonyl (C=O) groups is 2. The SMILES string of the molecule is O=C1NC2(CCOc3ccccc32)C(=O)N1CC(O)c1c(F)cccc1F. The number of ether oxygens (including phenoxy) is 1. The van der Waals surface area contributed by atoms with E-state index < -0.39 is 47.3 Å². The van der Waals surface area contributed by atoms with Gasteiger partial charge in [-0.1, -0.05) is 24.3 Å². The monoisotopic (exact) mass is 374 g/mol. The number of rotatable bonds is 3. The van der Waals surface area contributed by atoms with Crippen LogP contribution >= 0.6 is 0 Å². The fraction of sp³-hybridized carbons (Fsp3) is 0.263. The topological polar surface area (TPSA) is 78.9 Å². The fourth-order valence-corrected chi connectivity index (χ4v) is 3.63. The number of nitrogens with one attached hydrogen (secondary N) is 1. The normalized spacial score (nSPS) is 22.4. The number of benzene rings is 2. The van der Waals surface area contributed by atoms with Gasteiger partial charge in [0.2, 0.25) is 0 Å². The Bertz CT molecular complexity index is 915. The van der Waals surface area contributed by atoms with Gasteiger partial charge in [0, 0.05) is 12.0 Å². The first-order valence-electron chi connectivity index (χ1n) is 8.42. The number of nitrogens with zero attached hydrogens (tertiary/aromatic N) is 1. The second-order valence-electron chi connectivity index (χ2n) is 6.50. The van der Waals surface area contributed by atoms with Gasteiger partial charge in [-0.15, -0.1) is 0 Å². The van der Waals surface area contributed by atoms with Crippen LogP contribution in [-0.4, -0.2) is 35.1 Å². The maximum atomic E-state index is 13.9. The molecule has 2 aromatic rings. The lowest BCUT2D eigenvalue weighted by Crippen LogP contribution is -2.47. The molecule has 0 aliphatic carbocycles. The Hall–Kier alpha value is -3.00. The number of para-hydroxylation sites is 1. The summed E-state index contributed by atoms with van der Waals surface area (Å²) < 4.78 is 33.3. The molecule has 6 nitrogen and oxygen atoms in total. The zero-order chi connectivity index (χ0) is 19.2. The Morgan fingerprint density at radius 1 is 1.15 bits per heavy atom. The molecule has 3 amide bonds. The molecule has 1 spiro atoms. The van der Waals surface area contributed by atoms with Gasteiger partial charge < -0.3 is 15.2 Å². The van der Waals surface area contributed by atoms with Crippen LogP contribution in [0, 0.1) is 11.6 Å². The number of imide groups is 1. The number of hydrogen-bond donors (Lipinski definition) is 2. The molecule has 0 saturated carbocycles. The van der Waals surface area contributed by atoms with Crippen LogP contribution < -0.4 is 10.1 Å². The third-order valence-corrected chi connectivity index (χ3v) is 4.95. The highest BCUT2D eigenvalue weighted by atomic mass is 19.1. The van der Waals surface area contributed by atoms with E-state index in [0.717, 1.165) is 17.0 Å². The lowest BCUT2D eigenvalue weighted by Gasteiger charge is -2.33. The summed E-state index contributed by atoms with van der Waals surface area (Å²) in [5.41, 5.74) is -1.37. The molecule has 1 fully saturated rings. The molecule has 2 aliphatic heterocycles. The van der Waals surface area contributed by atoms with E-state index in [1.807, 2.05) is 0 Å². The van der Waals surface area contributed by atoms with Crippen LogP contribution in [0.15, 0.2) is 42.5 Å². The summed E-state index contributed by atoms with van der Waals surface area (Å²) in [6.07, 6.45) is -1.47. The van der Waals surface area contributed by atoms with Crippen molar-refractivity contribution in [2.24, 2.45) is 0 Å². The minimum absolute atomic E-state index is 0.218. The summed E-state index contributed by atoms with van der Waals surface area (Å²) in [7, 11) is 0. The Balaban J connectivity index is 1.65. The number of aliphatic hydroxyl groups is 1. The molecule has 2 atom stereocenters. The van der Waals surface area contributed by atoms with Crippen molar-refractivity contribution in [2.75, 3.05) is 13.2 Å². The van der Waals surface area contributed by atoms with E-state index in [-0.39, 0.29) is 13.0 Å². The maximum absolute atomic E-state index is 13.9. The molecule has 0 radical (unpaired) electrons. The molecular weight excluding hydrogens is 358 g/mol. The maximum Gasteiger partial charge on any atom is 0.325 e. The van der Waals surface area contributed by atoms with Crippen molar-refractivity contribution in [1.29, 1.82) is 0 Å². The van der Waals surface area contributed by atoms with Crippen molar-refractivity contribution in [3.8, 4) is 5.75 Å². The Labute approximate surface area is 153 Å². The van der Waals surface area contributed by atoms with Crippen LogP contribution in [0.4, 0.5) is 13.6 Å². The minimum atomic E-state index is -1.69. The summed E-state index contributed by atoms with van der Waals surface area (Å²) in [4.78, 5) is 26.3. The van der Waals surface area contributed by atoms with Gasteiger partial charge in [0.05, 0.1) is 18.7 Å². The van der Waals surface area contributed by atoms with Crippen molar-refractivity contribution in [3.63, 3.8) is 0 Å². The first kappa shape index (κ1) is 17.4. The third kappa shape index (κ3) is 2.64. The Kier molecular flexibility index (Phi) is 4.07. The van der Waals surface area contributed by atoms with Gasteiger partial charge in [-0.25, -0.2) is 13.6 Å². The minimum Gasteiger partial charge on any atom is -0.493 e. The van der Waals surface area contributed by atoms with Crippen molar-refractivity contribution < 1.29 is 28.2 Å². The largest absolute Gasteiger partial charge is 0.493 e. The van der Waals surface area contributed by atoms with Crippen molar-refractivity contribution in [3.05, 3.63) is 65.2 Å². The van der Waals surface area contributed by atoms with E-state index in [1.165, 1.54) is 6.07 Å². The van der Waals surface area contributed by atoms with E-state index in [9.17, 15) is 23.5 Å². The number of amides is 3. The summed E-state index contributed by atoms with van der Waals surface area (Å²) in [6, 6.07) is 9.30. The first-order valence-corrected chi connectivity index (χ1v) is 8.42. The van der Waals surface area contributed by atoms with E-state index in [1.54, 1.807) is 24.3 Å². The van der Waals surface area contributed by atoms with Gasteiger partial charge in [-0.05, 0) is 18.2 Å². The number of hydrogen-bond acceptors (Lipinski definition) is 4. The zero-order valence-corrected chi connectivity index (χ0v) is 14.1. The van der Waals surface area contributed by atoms with Crippen LogP contribution in [-0.2, 0) is 10.3 Å². The van der Waals surface area contributed by atoms with Gasteiger partial charge in [0.15, 0.2) is 5.54 Å². The average molecular weight is 374 g/mol. The van der Waals surface area contributed by atoms with Crippen LogP contribution in [0.1, 0.15) is 23.7 Å². The molecule has 2 N–H and O–H groups in total. The van der Waals surface area contributed by atoms with E-state index in [4.69, 9.17) is 4.74 Å². The van der Waals surface area contributed by atoms with Gasteiger partial charge in [-0.2, -0.15) is 0 Å². The molecular formula is C19H16F2N2O4. The molecule has 0 bridgehead atoms. The van der Waals surface area contributed by atoms with Gasteiger partial charge in [0.1, 0.15) is 23.5 Å². The van der Waals surface area contributed by atoms with Gasteiger partial charge in [0.25, 0.3) is 5.91 Å². The molecule has 140 valence electrons. The second kappa shape index (κ2) is 6.31. The molecule has 0 aromatic heterocycles. The lowest BCUT2D eigenvalue weighted by molar-refractivity contribution is -0.133. The highest BCUT2D eigenvalue weighted by Crippen LogP contribution is 2.41. The molecule has 8 heteroatoms. The predicted molar refractivity (Wildman–Crippen MR) is 89.8 cm³/mol. The molecule has 2 aliphatic rings. The van der Waals surface area contributed by atoms with Crippen LogP contribution in [0.25, 0.3) is 0 Å². The summed E-state index contributed by atoms with van der Waals surface area (Å²) in [5, 5.41) is 13.0. The number of carbonyl (C=O) groups excluding carboxylic acids is 2. The van der Waals surface area contributed by atoms with Crippen LogP contribution in [0.5, 0.6) is 5.75 Å². The smallest absolute Gasteiger partial charge is 0.325 e. The van der Waals surface area contributed by atoms with E-state index in [2.05, 4.69) is 5.32 Å². The highest BCUT2D eigenvalue weighted by Gasteiger charge is 2.55. The fourth-order valence-electron chi connectivity index (χ4n) is 3.63. The summed E-state index contributed by atoms with van der Waals surface area (Å²) >= 11 is 0. The standard InChI is InChI=1S/C19H16F2N2O4/c20-12-5-3-6-13(21)16(12)14(24)10-23-17(25)19(22-18(23)26)8-9-27-15-7-2-1-4-11(15)19/h1-7,14,24H,8-10H2,(H,22,26). The summed E-state index contributed by atoms with van der Waals surface area (Å²) in [5.74, 6) is -1.99. The lowest BCUT2D eigenvalue weighted by atomic mass is 9.84. The Morgan fingerprint density at radius 3 is 2.59 bits per heavy atom. The number of β-amino-alcohol motifs (C(OH)–C–C–N with tert-alkyl or cyclic N) is 1. The Morgan fingerprint density at radius 2 is 1.85 bits per heavy atom. The second-order valence-corrected chi connectivity index (χ2v) is 6.50. The first-order chi connectivity index (χ1) is 12.9. The van der Waals surface area contributed by atoms with Crippen molar-refractivity contribution in [2.45, 2.75) is 18.1 Å². The van der Waals surface area contributed by atoms with Crippen molar-refractivity contribution >= 4 is 11.9 Å². The zero-order valence-electron chi connectivity index (χ0n) is 14.1. The van der Waals surface area contributed by atoms with Crippen LogP contribution in [0.3, 0.4) is 0 Å². The quantitative estimate of drug-likeness (QED) is 0.808. The molecule has 2 aromatic carbocycles. The van der Waals surface area contributed by atoms with Gasteiger partial charge >= 0.3 is 6.03 Å².